The van der Waals surface area contributed by atoms with Gasteiger partial charge in [-0.05, 0) is 36.6 Å². The maximum Gasteiger partial charge on any atom is 0.0408 e. The number of hydrogen-bond acceptors (Lipinski definition) is 1. The molecule has 0 bridgehead atoms. The lowest BCUT2D eigenvalue weighted by Crippen LogP contribution is -2.34. The average Bonchev–Trinajstić information content (AvgIpc) is 2.41. The van der Waals surface area contributed by atoms with E-state index in [4.69, 9.17) is 17.3 Å². The number of rotatable bonds is 4. The minimum absolute atomic E-state index is 0.0832. The summed E-state index contributed by atoms with van der Waals surface area (Å²) in [6.07, 6.45) is 0.921. The molecule has 0 fully saturated rings. The molecule has 2 aromatic rings. The van der Waals surface area contributed by atoms with Crippen molar-refractivity contribution in [3.05, 3.63) is 70.2 Å². The van der Waals surface area contributed by atoms with Gasteiger partial charge in [0.15, 0.2) is 0 Å². The fourth-order valence-corrected chi connectivity index (χ4v) is 2.50. The highest BCUT2D eigenvalue weighted by molar-refractivity contribution is 6.30. The van der Waals surface area contributed by atoms with Crippen molar-refractivity contribution in [2.45, 2.75) is 25.7 Å². The third kappa shape index (κ3) is 3.37. The van der Waals surface area contributed by atoms with Gasteiger partial charge in [0, 0.05) is 17.0 Å². The van der Waals surface area contributed by atoms with Gasteiger partial charge in [-0.3, -0.25) is 0 Å². The first-order chi connectivity index (χ1) is 9.03. The molecule has 2 N–H and O–H groups in total. The van der Waals surface area contributed by atoms with Crippen molar-refractivity contribution in [1.29, 1.82) is 0 Å². The quantitative estimate of drug-likeness (QED) is 0.891. The second kappa shape index (κ2) is 5.77. The van der Waals surface area contributed by atoms with E-state index in [-0.39, 0.29) is 5.41 Å². The monoisotopic (exact) mass is 273 g/mol. The molecule has 1 nitrogen and oxygen atoms in total. The van der Waals surface area contributed by atoms with Gasteiger partial charge in [0.05, 0.1) is 0 Å². The van der Waals surface area contributed by atoms with Crippen molar-refractivity contribution in [1.82, 2.24) is 0 Å². The van der Waals surface area contributed by atoms with Crippen LogP contribution in [0.4, 0.5) is 0 Å². The van der Waals surface area contributed by atoms with Crippen molar-refractivity contribution < 1.29 is 0 Å². The summed E-state index contributed by atoms with van der Waals surface area (Å²) in [5.74, 6) is 0. The molecule has 0 aliphatic heterocycles. The predicted octanol–water partition coefficient (Wildman–Crippen LogP) is 4.11. The summed E-state index contributed by atoms with van der Waals surface area (Å²) in [5.41, 5.74) is 9.72. The Bertz CT molecular complexity index is 547. The zero-order valence-electron chi connectivity index (χ0n) is 11.5. The lowest BCUT2D eigenvalue weighted by atomic mass is 9.77. The molecule has 100 valence electrons. The van der Waals surface area contributed by atoms with Crippen LogP contribution in [0.2, 0.25) is 5.02 Å². The van der Waals surface area contributed by atoms with Gasteiger partial charge in [0.25, 0.3) is 0 Å². The molecule has 1 atom stereocenters. The zero-order chi connectivity index (χ0) is 13.9. The van der Waals surface area contributed by atoms with Crippen LogP contribution in [0.5, 0.6) is 0 Å². The Morgan fingerprint density at radius 3 is 2.37 bits per heavy atom. The van der Waals surface area contributed by atoms with Crippen LogP contribution in [0.3, 0.4) is 0 Å². The molecular weight excluding hydrogens is 254 g/mol. The van der Waals surface area contributed by atoms with Gasteiger partial charge < -0.3 is 5.73 Å². The number of halogens is 1. The summed E-state index contributed by atoms with van der Waals surface area (Å²) in [6.45, 7) is 4.89. The summed E-state index contributed by atoms with van der Waals surface area (Å²) in [5, 5.41) is 0.765. The predicted molar refractivity (Wildman–Crippen MR) is 82.7 cm³/mol. The third-order valence-corrected chi connectivity index (χ3v) is 3.92. The zero-order valence-corrected chi connectivity index (χ0v) is 12.2. The van der Waals surface area contributed by atoms with Gasteiger partial charge in [-0.15, -0.1) is 0 Å². The molecule has 0 saturated heterocycles. The van der Waals surface area contributed by atoms with Crippen LogP contribution >= 0.6 is 11.6 Å². The maximum absolute atomic E-state index is 6.09. The number of benzene rings is 2. The van der Waals surface area contributed by atoms with Gasteiger partial charge in [-0.2, -0.15) is 0 Å². The van der Waals surface area contributed by atoms with Gasteiger partial charge in [-0.25, -0.2) is 0 Å². The molecule has 2 rings (SSSR count). The molecule has 0 heterocycles. The Labute approximate surface area is 120 Å². The van der Waals surface area contributed by atoms with E-state index in [0.717, 1.165) is 11.4 Å². The van der Waals surface area contributed by atoms with Crippen molar-refractivity contribution in [3.63, 3.8) is 0 Å². The minimum atomic E-state index is -0.0832. The topological polar surface area (TPSA) is 26.0 Å². The smallest absolute Gasteiger partial charge is 0.0408 e. The van der Waals surface area contributed by atoms with Crippen LogP contribution in [-0.2, 0) is 11.8 Å². The third-order valence-electron chi connectivity index (χ3n) is 3.69. The second-order valence-corrected chi connectivity index (χ2v) is 5.87. The fourth-order valence-electron chi connectivity index (χ4n) is 2.31. The van der Waals surface area contributed by atoms with Crippen molar-refractivity contribution >= 4 is 11.6 Å². The first kappa shape index (κ1) is 14.1. The summed E-state index contributed by atoms with van der Waals surface area (Å²) in [4.78, 5) is 0. The van der Waals surface area contributed by atoms with Gasteiger partial charge in [-0.1, -0.05) is 60.5 Å². The number of aryl methyl sites for hydroxylation is 1. The van der Waals surface area contributed by atoms with E-state index in [1.165, 1.54) is 16.7 Å². The van der Waals surface area contributed by atoms with E-state index in [2.05, 4.69) is 44.2 Å². The Hall–Kier alpha value is -1.31. The normalized spacial score (nSPS) is 14.1. The molecule has 0 aromatic heterocycles. The van der Waals surface area contributed by atoms with E-state index in [9.17, 15) is 0 Å². The molecule has 0 spiro atoms. The maximum atomic E-state index is 6.09. The summed E-state index contributed by atoms with van der Waals surface area (Å²) < 4.78 is 0. The number of nitrogens with two attached hydrogens (primary N) is 1. The lowest BCUT2D eigenvalue weighted by molar-refractivity contribution is 0.481. The molecule has 2 aromatic carbocycles. The number of hydrogen-bond donors (Lipinski definition) is 1. The Morgan fingerprint density at radius 2 is 1.79 bits per heavy atom. The van der Waals surface area contributed by atoms with Crippen LogP contribution in [0.1, 0.15) is 23.6 Å². The van der Waals surface area contributed by atoms with Crippen molar-refractivity contribution in [2.75, 3.05) is 6.54 Å². The van der Waals surface area contributed by atoms with Crippen molar-refractivity contribution in [3.8, 4) is 0 Å². The largest absolute Gasteiger partial charge is 0.330 e. The van der Waals surface area contributed by atoms with Crippen LogP contribution in [0, 0.1) is 6.92 Å². The second-order valence-electron chi connectivity index (χ2n) is 5.44. The van der Waals surface area contributed by atoms with Crippen molar-refractivity contribution in [2.24, 2.45) is 5.73 Å². The van der Waals surface area contributed by atoms with Gasteiger partial charge in [0.1, 0.15) is 0 Å². The van der Waals surface area contributed by atoms with E-state index >= 15 is 0 Å². The minimum Gasteiger partial charge on any atom is -0.330 e. The van der Waals surface area contributed by atoms with E-state index < -0.39 is 0 Å². The van der Waals surface area contributed by atoms with E-state index in [0.29, 0.717) is 6.54 Å². The van der Waals surface area contributed by atoms with Crippen LogP contribution < -0.4 is 5.73 Å². The van der Waals surface area contributed by atoms with Gasteiger partial charge in [0.2, 0.25) is 0 Å². The van der Waals surface area contributed by atoms with Crippen LogP contribution in [0.25, 0.3) is 0 Å². The summed E-state index contributed by atoms with van der Waals surface area (Å²) in [7, 11) is 0. The molecular formula is C17H20ClN. The first-order valence-electron chi connectivity index (χ1n) is 6.55. The average molecular weight is 274 g/mol. The lowest BCUT2D eigenvalue weighted by Gasteiger charge is -2.29. The molecule has 0 amide bonds. The molecule has 0 radical (unpaired) electrons. The van der Waals surface area contributed by atoms with E-state index in [1.54, 1.807) is 0 Å². The first-order valence-corrected chi connectivity index (χ1v) is 6.93. The summed E-state index contributed by atoms with van der Waals surface area (Å²) >= 11 is 6.09. The molecule has 2 heteroatoms. The standard InChI is InChI=1S/C17H20ClN/c1-13-6-8-14(9-7-13)11-17(2,12-19)15-4-3-5-16(18)10-15/h3-10H,11-12,19H2,1-2H3. The highest BCUT2D eigenvalue weighted by Crippen LogP contribution is 2.29. The van der Waals surface area contributed by atoms with Crippen LogP contribution in [-0.4, -0.2) is 6.54 Å². The fraction of sp³-hybridized carbons (Fsp3) is 0.294. The molecule has 0 saturated carbocycles. The molecule has 0 aliphatic carbocycles. The highest BCUT2D eigenvalue weighted by Gasteiger charge is 2.25. The molecule has 1 unspecified atom stereocenters. The van der Waals surface area contributed by atoms with Gasteiger partial charge >= 0.3 is 0 Å². The SMILES string of the molecule is Cc1ccc(CC(C)(CN)c2cccc(Cl)c2)cc1. The Kier molecular flexibility index (Phi) is 4.28. The Balaban J connectivity index is 2.30. The summed E-state index contributed by atoms with van der Waals surface area (Å²) in [6, 6.07) is 16.6. The Morgan fingerprint density at radius 1 is 1.11 bits per heavy atom. The van der Waals surface area contributed by atoms with Crippen LogP contribution in [0.15, 0.2) is 48.5 Å². The highest BCUT2D eigenvalue weighted by atomic mass is 35.5. The molecule has 0 aliphatic rings. The molecule has 19 heavy (non-hydrogen) atoms. The van der Waals surface area contributed by atoms with E-state index in [1.807, 2.05) is 18.2 Å².